The fraction of sp³-hybridized carbons (Fsp3) is 0.368. The number of benzene rings is 2. The average molecular weight is 329 g/mol. The van der Waals surface area contributed by atoms with E-state index in [1.54, 1.807) is 12.0 Å². The zero-order valence-corrected chi connectivity index (χ0v) is 14.1. The molecule has 24 heavy (non-hydrogen) atoms. The summed E-state index contributed by atoms with van der Waals surface area (Å²) in [6, 6.07) is 11.5. The number of hydrogen-bond donors (Lipinski definition) is 1. The van der Waals surface area contributed by atoms with Crippen LogP contribution in [0.4, 0.5) is 5.69 Å². The number of carboxylic acid groups (broad SMARTS) is 1. The molecule has 0 fully saturated rings. The standard InChI is InChI=1S/C19H23NO4/c1-3-7-18(21)20(13-6-10-19(22)23)16-11-12-17(24-2)15-9-5-4-8-14(15)16/h4-5,8-9,11-12H,3,6-7,10,13H2,1-2H3,(H,22,23). The van der Waals surface area contributed by atoms with E-state index in [1.807, 2.05) is 43.3 Å². The van der Waals surface area contributed by atoms with Gasteiger partial charge in [0, 0.05) is 30.2 Å². The van der Waals surface area contributed by atoms with Gasteiger partial charge in [0.2, 0.25) is 5.91 Å². The van der Waals surface area contributed by atoms with E-state index in [0.29, 0.717) is 19.4 Å². The molecule has 0 bridgehead atoms. The Morgan fingerprint density at radius 2 is 1.79 bits per heavy atom. The smallest absolute Gasteiger partial charge is 0.303 e. The number of amides is 1. The summed E-state index contributed by atoms with van der Waals surface area (Å²) >= 11 is 0. The molecule has 0 aliphatic heterocycles. The number of hydrogen-bond acceptors (Lipinski definition) is 3. The van der Waals surface area contributed by atoms with Gasteiger partial charge in [0.15, 0.2) is 0 Å². The maximum Gasteiger partial charge on any atom is 0.303 e. The van der Waals surface area contributed by atoms with Crippen LogP contribution in [0.5, 0.6) is 5.75 Å². The highest BCUT2D eigenvalue weighted by atomic mass is 16.5. The number of carbonyl (C=O) groups excluding carboxylic acids is 1. The summed E-state index contributed by atoms with van der Waals surface area (Å²) < 4.78 is 5.40. The molecule has 0 heterocycles. The molecule has 0 spiro atoms. The van der Waals surface area contributed by atoms with Crippen LogP contribution in [-0.4, -0.2) is 30.6 Å². The predicted octanol–water partition coefficient (Wildman–Crippen LogP) is 3.85. The van der Waals surface area contributed by atoms with Crippen molar-refractivity contribution in [3.05, 3.63) is 36.4 Å². The highest BCUT2D eigenvalue weighted by molar-refractivity contribution is 6.05. The van der Waals surface area contributed by atoms with Gasteiger partial charge in [-0.2, -0.15) is 0 Å². The zero-order chi connectivity index (χ0) is 17.5. The normalized spacial score (nSPS) is 10.6. The lowest BCUT2D eigenvalue weighted by molar-refractivity contribution is -0.137. The summed E-state index contributed by atoms with van der Waals surface area (Å²) in [5.41, 5.74) is 0.801. The molecule has 1 N–H and O–H groups in total. The van der Waals surface area contributed by atoms with E-state index in [0.717, 1.165) is 28.6 Å². The molecule has 2 rings (SSSR count). The van der Waals surface area contributed by atoms with Gasteiger partial charge in [0.05, 0.1) is 12.8 Å². The predicted molar refractivity (Wildman–Crippen MR) is 94.6 cm³/mol. The molecule has 0 saturated heterocycles. The topological polar surface area (TPSA) is 66.8 Å². The van der Waals surface area contributed by atoms with Gasteiger partial charge >= 0.3 is 5.97 Å². The Morgan fingerprint density at radius 3 is 2.42 bits per heavy atom. The van der Waals surface area contributed by atoms with Crippen LogP contribution < -0.4 is 9.64 Å². The van der Waals surface area contributed by atoms with Crippen LogP contribution in [0.2, 0.25) is 0 Å². The first-order valence-corrected chi connectivity index (χ1v) is 8.16. The van der Waals surface area contributed by atoms with Crippen molar-refractivity contribution < 1.29 is 19.4 Å². The summed E-state index contributed by atoms with van der Waals surface area (Å²) in [6.07, 6.45) is 1.66. The van der Waals surface area contributed by atoms with Gasteiger partial charge in [-0.15, -0.1) is 0 Å². The summed E-state index contributed by atoms with van der Waals surface area (Å²) in [7, 11) is 1.62. The maximum atomic E-state index is 12.6. The number of rotatable bonds is 8. The van der Waals surface area contributed by atoms with E-state index in [1.165, 1.54) is 0 Å². The molecule has 5 heteroatoms. The van der Waals surface area contributed by atoms with Gasteiger partial charge < -0.3 is 14.7 Å². The van der Waals surface area contributed by atoms with Crippen molar-refractivity contribution in [1.82, 2.24) is 0 Å². The Hall–Kier alpha value is -2.56. The lowest BCUT2D eigenvalue weighted by Gasteiger charge is -2.25. The monoisotopic (exact) mass is 329 g/mol. The second kappa shape index (κ2) is 8.34. The Bertz CT molecular complexity index is 726. The van der Waals surface area contributed by atoms with E-state index in [2.05, 4.69) is 0 Å². The number of carboxylic acids is 1. The number of fused-ring (bicyclic) bond motifs is 1. The molecule has 0 saturated carbocycles. The number of aliphatic carboxylic acids is 1. The van der Waals surface area contributed by atoms with E-state index < -0.39 is 5.97 Å². The van der Waals surface area contributed by atoms with Gasteiger partial charge in [0.25, 0.3) is 0 Å². The fourth-order valence-corrected chi connectivity index (χ4v) is 2.79. The number of methoxy groups -OCH3 is 1. The third-order valence-electron chi connectivity index (χ3n) is 3.91. The molecular weight excluding hydrogens is 306 g/mol. The summed E-state index contributed by atoms with van der Waals surface area (Å²) in [5.74, 6) is -0.0848. The molecule has 0 aliphatic carbocycles. The van der Waals surface area contributed by atoms with Crippen molar-refractivity contribution in [2.24, 2.45) is 0 Å². The van der Waals surface area contributed by atoms with Crippen LogP contribution in [0.3, 0.4) is 0 Å². The minimum atomic E-state index is -0.850. The molecule has 0 atom stereocenters. The molecular formula is C19H23NO4. The lowest BCUT2D eigenvalue weighted by atomic mass is 10.1. The van der Waals surface area contributed by atoms with Crippen molar-refractivity contribution in [1.29, 1.82) is 0 Å². The second-order valence-electron chi connectivity index (χ2n) is 5.63. The Labute approximate surface area is 141 Å². The van der Waals surface area contributed by atoms with E-state index in [-0.39, 0.29) is 12.3 Å². The van der Waals surface area contributed by atoms with Crippen molar-refractivity contribution in [2.75, 3.05) is 18.6 Å². The Morgan fingerprint density at radius 1 is 1.08 bits per heavy atom. The summed E-state index contributed by atoms with van der Waals surface area (Å²) in [6.45, 7) is 2.35. The van der Waals surface area contributed by atoms with Crippen LogP contribution in [0.25, 0.3) is 10.8 Å². The molecule has 0 aromatic heterocycles. The second-order valence-corrected chi connectivity index (χ2v) is 5.63. The Kier molecular flexibility index (Phi) is 6.18. The van der Waals surface area contributed by atoms with Gasteiger partial charge in [0.1, 0.15) is 5.75 Å². The molecule has 0 unspecified atom stereocenters. The molecule has 0 aliphatic rings. The van der Waals surface area contributed by atoms with E-state index in [9.17, 15) is 9.59 Å². The van der Waals surface area contributed by atoms with Crippen molar-refractivity contribution in [3.63, 3.8) is 0 Å². The number of carbonyl (C=O) groups is 2. The largest absolute Gasteiger partial charge is 0.496 e. The molecule has 2 aromatic carbocycles. The minimum Gasteiger partial charge on any atom is -0.496 e. The van der Waals surface area contributed by atoms with Gasteiger partial charge in [-0.05, 0) is 25.0 Å². The third kappa shape index (κ3) is 4.04. The van der Waals surface area contributed by atoms with Crippen molar-refractivity contribution in [3.8, 4) is 5.75 Å². The van der Waals surface area contributed by atoms with Crippen LogP contribution in [0.1, 0.15) is 32.6 Å². The van der Waals surface area contributed by atoms with Crippen molar-refractivity contribution >= 4 is 28.3 Å². The number of ether oxygens (including phenoxy) is 1. The fourth-order valence-electron chi connectivity index (χ4n) is 2.79. The quantitative estimate of drug-likeness (QED) is 0.799. The van der Waals surface area contributed by atoms with Gasteiger partial charge in [-0.25, -0.2) is 0 Å². The SMILES string of the molecule is CCCC(=O)N(CCCC(=O)O)c1ccc(OC)c2ccccc12. The Balaban J connectivity index is 2.43. The summed E-state index contributed by atoms with van der Waals surface area (Å²) in [5, 5.41) is 10.7. The van der Waals surface area contributed by atoms with E-state index in [4.69, 9.17) is 9.84 Å². The average Bonchev–Trinajstić information content (AvgIpc) is 2.58. The molecule has 128 valence electrons. The first-order valence-electron chi connectivity index (χ1n) is 8.16. The minimum absolute atomic E-state index is 0.0122. The first-order chi connectivity index (χ1) is 11.6. The van der Waals surface area contributed by atoms with E-state index >= 15 is 0 Å². The van der Waals surface area contributed by atoms with Crippen LogP contribution in [-0.2, 0) is 9.59 Å². The van der Waals surface area contributed by atoms with Crippen LogP contribution in [0, 0.1) is 0 Å². The van der Waals surface area contributed by atoms with Gasteiger partial charge in [-0.3, -0.25) is 9.59 Å². The van der Waals surface area contributed by atoms with Crippen molar-refractivity contribution in [2.45, 2.75) is 32.6 Å². The molecule has 2 aromatic rings. The molecule has 1 amide bonds. The molecule has 0 radical (unpaired) electrons. The van der Waals surface area contributed by atoms with Crippen LogP contribution >= 0.6 is 0 Å². The number of nitrogens with zero attached hydrogens (tertiary/aromatic N) is 1. The summed E-state index contributed by atoms with van der Waals surface area (Å²) in [4.78, 5) is 25.1. The highest BCUT2D eigenvalue weighted by Crippen LogP contribution is 2.34. The third-order valence-corrected chi connectivity index (χ3v) is 3.91. The highest BCUT2D eigenvalue weighted by Gasteiger charge is 2.18. The maximum absolute atomic E-state index is 12.6. The van der Waals surface area contributed by atoms with Gasteiger partial charge in [-0.1, -0.05) is 31.2 Å². The van der Waals surface area contributed by atoms with Crippen LogP contribution in [0.15, 0.2) is 36.4 Å². The molecule has 5 nitrogen and oxygen atoms in total. The lowest BCUT2D eigenvalue weighted by Crippen LogP contribution is -2.32. The first kappa shape index (κ1) is 17.8. The number of anilines is 1. The zero-order valence-electron chi connectivity index (χ0n) is 14.1.